The van der Waals surface area contributed by atoms with Crippen LogP contribution in [-0.4, -0.2) is 74.4 Å². The number of likely N-dealkylation sites (N-methyl/N-ethyl adjacent to an activating group) is 1. The molecule has 7 heteroatoms. The first-order valence-electron chi connectivity index (χ1n) is 13.4. The first-order valence-corrected chi connectivity index (χ1v) is 13.4. The number of alkyl halides is 1. The molecular weight excluding hydrogens is 471 g/mol. The number of halogens is 1. The summed E-state index contributed by atoms with van der Waals surface area (Å²) in [6, 6.07) is 7.67. The van der Waals surface area contributed by atoms with E-state index in [1.54, 1.807) is 6.20 Å². The van der Waals surface area contributed by atoms with Crippen LogP contribution in [0, 0.1) is 11.3 Å². The van der Waals surface area contributed by atoms with Crippen LogP contribution in [0.15, 0.2) is 48.2 Å². The number of allylic oxidation sites excluding steroid dienone is 3. The van der Waals surface area contributed by atoms with Crippen molar-refractivity contribution in [3.05, 3.63) is 53.8 Å². The molecule has 3 heterocycles. The van der Waals surface area contributed by atoms with Gasteiger partial charge in [-0.3, -0.25) is 0 Å². The Labute approximate surface area is 216 Å². The van der Waals surface area contributed by atoms with Crippen LogP contribution in [0.1, 0.15) is 51.0 Å². The SMILES string of the molecule is CN(C)[C@H]1C[C@@]23CC[C@@]4(O2)C(=CC[C@]2(C)C(c5ccc6c(O)nccc6c5)=CCC24)CC3(F)[C@@H](O)[C@@H]1O. The largest absolute Gasteiger partial charge is 0.493 e. The number of pyridine rings is 1. The predicted octanol–water partition coefficient (Wildman–Crippen LogP) is 4.14. The lowest BCUT2D eigenvalue weighted by molar-refractivity contribution is -0.282. The lowest BCUT2D eigenvalue weighted by Gasteiger charge is -2.61. The van der Waals surface area contributed by atoms with Crippen LogP contribution in [0.4, 0.5) is 4.39 Å². The first kappa shape index (κ1) is 23.8. The fraction of sp³-hybridized carbons (Fsp3) is 0.567. The number of hydrogen-bond acceptors (Lipinski definition) is 6. The third-order valence-electron chi connectivity index (χ3n) is 10.7. The summed E-state index contributed by atoms with van der Waals surface area (Å²) in [4.78, 5) is 5.88. The predicted molar refractivity (Wildman–Crippen MR) is 139 cm³/mol. The van der Waals surface area contributed by atoms with E-state index in [0.717, 1.165) is 41.2 Å². The van der Waals surface area contributed by atoms with E-state index in [1.807, 2.05) is 31.1 Å². The average Bonchev–Trinajstić information content (AvgIpc) is 3.40. The van der Waals surface area contributed by atoms with Gasteiger partial charge in [-0.05, 0) is 86.5 Å². The standard InChI is InChI=1S/C30H35FN2O4/c1-27-10-8-19-15-30(31)25(35)24(34)22(33(2)3)16-28(30)11-12-29(19,37-28)23(27)7-6-21(27)18-4-5-20-17(14-18)9-13-32-26(20)36/h4-6,8-9,13-14,22-25,34-35H,7,10-12,15-16H2,1-3H3,(H,32,36)/t22-,23?,24+,25-,27+,28+,29+,30?/m0/s1. The van der Waals surface area contributed by atoms with Crippen molar-refractivity contribution in [1.29, 1.82) is 0 Å². The molecule has 3 fully saturated rings. The molecule has 6 nitrogen and oxygen atoms in total. The Balaban J connectivity index is 1.29. The van der Waals surface area contributed by atoms with E-state index < -0.39 is 29.1 Å². The summed E-state index contributed by atoms with van der Waals surface area (Å²) in [5.74, 6) is 0.206. The molecular formula is C30H35FN2O4. The Kier molecular flexibility index (Phi) is 4.76. The zero-order valence-electron chi connectivity index (χ0n) is 21.6. The molecule has 2 aromatic rings. The van der Waals surface area contributed by atoms with Gasteiger partial charge in [0.25, 0.3) is 0 Å². The smallest absolute Gasteiger partial charge is 0.218 e. The van der Waals surface area contributed by atoms with Crippen molar-refractivity contribution in [1.82, 2.24) is 9.88 Å². The maximum Gasteiger partial charge on any atom is 0.218 e. The van der Waals surface area contributed by atoms with Gasteiger partial charge in [0.05, 0.1) is 11.7 Å². The van der Waals surface area contributed by atoms with Crippen LogP contribution >= 0.6 is 0 Å². The van der Waals surface area contributed by atoms with Crippen LogP contribution in [0.5, 0.6) is 5.88 Å². The monoisotopic (exact) mass is 506 g/mol. The normalized spacial score (nSPS) is 44.3. The maximum absolute atomic E-state index is 16.9. The zero-order valence-corrected chi connectivity index (χ0v) is 21.6. The Hall–Kier alpha value is -2.32. The second-order valence-corrected chi connectivity index (χ2v) is 12.5. The minimum atomic E-state index is -2.00. The highest BCUT2D eigenvalue weighted by Crippen LogP contribution is 2.70. The van der Waals surface area contributed by atoms with E-state index in [1.165, 1.54) is 5.57 Å². The Morgan fingerprint density at radius 2 is 1.95 bits per heavy atom. The van der Waals surface area contributed by atoms with Gasteiger partial charge in [-0.15, -0.1) is 0 Å². The van der Waals surface area contributed by atoms with Crippen molar-refractivity contribution < 1.29 is 24.4 Å². The molecule has 7 rings (SSSR count). The minimum absolute atomic E-state index is 0.0371. The molecule has 2 bridgehead atoms. The maximum atomic E-state index is 16.9. The minimum Gasteiger partial charge on any atom is -0.493 e. The summed E-state index contributed by atoms with van der Waals surface area (Å²) in [7, 11) is 3.73. The number of hydrogen-bond donors (Lipinski definition) is 3. The van der Waals surface area contributed by atoms with Gasteiger partial charge in [0.1, 0.15) is 11.7 Å². The van der Waals surface area contributed by atoms with Crippen LogP contribution in [0.25, 0.3) is 16.3 Å². The van der Waals surface area contributed by atoms with E-state index in [9.17, 15) is 15.3 Å². The molecule has 2 saturated heterocycles. The van der Waals surface area contributed by atoms with Crippen molar-refractivity contribution in [2.45, 2.75) is 80.6 Å². The fourth-order valence-corrected chi connectivity index (χ4v) is 8.76. The van der Waals surface area contributed by atoms with Crippen molar-refractivity contribution in [2.75, 3.05) is 14.1 Å². The summed E-state index contributed by atoms with van der Waals surface area (Å²) in [5.41, 5.74) is -0.477. The van der Waals surface area contributed by atoms with Gasteiger partial charge < -0.3 is 25.0 Å². The summed E-state index contributed by atoms with van der Waals surface area (Å²) < 4.78 is 23.9. The van der Waals surface area contributed by atoms with Gasteiger partial charge in [-0.1, -0.05) is 25.1 Å². The third-order valence-corrected chi connectivity index (χ3v) is 10.7. The summed E-state index contributed by atoms with van der Waals surface area (Å²) in [6.45, 7) is 2.31. The molecule has 2 aliphatic heterocycles. The van der Waals surface area contributed by atoms with Crippen LogP contribution in [0.3, 0.4) is 0 Å². The quantitative estimate of drug-likeness (QED) is 0.531. The molecule has 1 aromatic carbocycles. The highest BCUT2D eigenvalue weighted by molar-refractivity contribution is 5.90. The zero-order chi connectivity index (χ0) is 26.0. The summed E-state index contributed by atoms with van der Waals surface area (Å²) in [6.07, 6.45) is 6.85. The fourth-order valence-electron chi connectivity index (χ4n) is 8.76. The number of nitrogens with zero attached hydrogens (tertiary/aromatic N) is 2. The second kappa shape index (κ2) is 7.41. The molecule has 1 saturated carbocycles. The van der Waals surface area contributed by atoms with E-state index in [0.29, 0.717) is 12.8 Å². The van der Waals surface area contributed by atoms with Gasteiger partial charge in [0.2, 0.25) is 5.88 Å². The number of rotatable bonds is 2. The van der Waals surface area contributed by atoms with Crippen LogP contribution < -0.4 is 0 Å². The third kappa shape index (κ3) is 2.81. The number of aliphatic hydroxyl groups is 2. The molecule has 3 N–H and O–H groups in total. The lowest BCUT2D eigenvalue weighted by atomic mass is 9.56. The summed E-state index contributed by atoms with van der Waals surface area (Å²) in [5, 5.41) is 33.8. The topological polar surface area (TPSA) is 86.1 Å². The molecule has 8 atom stereocenters. The van der Waals surface area contributed by atoms with Crippen LogP contribution in [0.2, 0.25) is 0 Å². The second-order valence-electron chi connectivity index (χ2n) is 12.5. The van der Waals surface area contributed by atoms with E-state index in [2.05, 4.69) is 36.2 Å². The molecule has 37 heavy (non-hydrogen) atoms. The number of benzene rings is 1. The van der Waals surface area contributed by atoms with Gasteiger partial charge in [0.15, 0.2) is 5.67 Å². The van der Waals surface area contributed by atoms with Crippen molar-refractivity contribution in [2.24, 2.45) is 11.3 Å². The first-order chi connectivity index (χ1) is 17.5. The average molecular weight is 507 g/mol. The number of ether oxygens (including phenoxy) is 1. The van der Waals surface area contributed by atoms with Gasteiger partial charge in [-0.25, -0.2) is 9.37 Å². The number of aliphatic hydroxyl groups excluding tert-OH is 2. The Morgan fingerprint density at radius 1 is 1.14 bits per heavy atom. The molecule has 196 valence electrons. The van der Waals surface area contributed by atoms with Gasteiger partial charge >= 0.3 is 0 Å². The molecule has 0 amide bonds. The summed E-state index contributed by atoms with van der Waals surface area (Å²) >= 11 is 0. The molecule has 0 radical (unpaired) electrons. The molecule has 2 unspecified atom stereocenters. The highest BCUT2D eigenvalue weighted by Gasteiger charge is 2.76. The van der Waals surface area contributed by atoms with E-state index >= 15 is 4.39 Å². The highest BCUT2D eigenvalue weighted by atomic mass is 19.1. The van der Waals surface area contributed by atoms with Gasteiger partial charge in [-0.2, -0.15) is 0 Å². The number of fused-ring (bicyclic) bond motifs is 2. The molecule has 1 aromatic heterocycles. The van der Waals surface area contributed by atoms with E-state index in [4.69, 9.17) is 4.74 Å². The van der Waals surface area contributed by atoms with Crippen molar-refractivity contribution >= 4 is 16.3 Å². The molecule has 2 spiro atoms. The lowest BCUT2D eigenvalue weighted by Crippen LogP contribution is -2.73. The van der Waals surface area contributed by atoms with Crippen molar-refractivity contribution in [3.8, 4) is 5.88 Å². The van der Waals surface area contributed by atoms with Gasteiger partial charge in [0, 0.05) is 35.4 Å². The van der Waals surface area contributed by atoms with Crippen LogP contribution in [-0.2, 0) is 4.74 Å². The number of aromatic nitrogens is 1. The van der Waals surface area contributed by atoms with E-state index in [-0.39, 0.29) is 29.7 Å². The molecule has 3 aliphatic carbocycles. The Morgan fingerprint density at radius 3 is 2.73 bits per heavy atom. The van der Waals surface area contributed by atoms with Crippen molar-refractivity contribution in [3.63, 3.8) is 0 Å². The Bertz CT molecular complexity index is 1370. The number of aromatic hydroxyl groups is 1. The molecule has 5 aliphatic rings.